The van der Waals surface area contributed by atoms with E-state index in [4.69, 9.17) is 9.47 Å². The topological polar surface area (TPSA) is 149 Å². The first-order valence-electron chi connectivity index (χ1n) is 29.2. The summed E-state index contributed by atoms with van der Waals surface area (Å²) in [5, 5.41) is 54.7. The molecule has 0 saturated carbocycles. The monoisotopic (exact) mass is 940 g/mol. The van der Waals surface area contributed by atoms with E-state index in [1.54, 1.807) is 0 Å². The Kier molecular flexibility index (Phi) is 45.8. The molecule has 0 radical (unpaired) electrons. The van der Waals surface area contributed by atoms with Crippen LogP contribution in [0.1, 0.15) is 303 Å². The number of hydrogen-bond acceptors (Lipinski definition) is 8. The van der Waals surface area contributed by atoms with E-state index in [9.17, 15) is 30.3 Å². The molecule has 1 rings (SSSR count). The number of aliphatic hydroxyl groups excluding tert-OH is 5. The van der Waals surface area contributed by atoms with E-state index in [0.717, 1.165) is 38.5 Å². The number of amides is 1. The van der Waals surface area contributed by atoms with E-state index in [1.165, 1.54) is 238 Å². The van der Waals surface area contributed by atoms with Crippen molar-refractivity contribution >= 4 is 5.91 Å². The summed E-state index contributed by atoms with van der Waals surface area (Å²) in [6, 6.07) is -0.713. The zero-order chi connectivity index (χ0) is 48.0. The Labute approximate surface area is 408 Å². The largest absolute Gasteiger partial charge is 0.394 e. The van der Waals surface area contributed by atoms with Crippen LogP contribution in [-0.4, -0.2) is 87.5 Å². The molecule has 0 spiro atoms. The van der Waals surface area contributed by atoms with Gasteiger partial charge in [-0.15, -0.1) is 0 Å². The second kappa shape index (κ2) is 47.8. The molecule has 0 aliphatic carbocycles. The van der Waals surface area contributed by atoms with Gasteiger partial charge in [0.2, 0.25) is 5.91 Å². The highest BCUT2D eigenvalue weighted by Crippen LogP contribution is 2.23. The molecule has 0 aromatic carbocycles. The summed E-state index contributed by atoms with van der Waals surface area (Å²) < 4.78 is 11.3. The average Bonchev–Trinajstić information content (AvgIpc) is 3.32. The van der Waals surface area contributed by atoms with Gasteiger partial charge in [0.15, 0.2) is 6.29 Å². The van der Waals surface area contributed by atoms with Gasteiger partial charge in [0.1, 0.15) is 24.4 Å². The van der Waals surface area contributed by atoms with E-state index in [0.29, 0.717) is 12.8 Å². The first-order chi connectivity index (χ1) is 32.3. The fraction of sp³-hybridized carbons (Fsp3) is 0.982. The number of aliphatic hydroxyl groups is 5. The maximum atomic E-state index is 13.1. The van der Waals surface area contributed by atoms with Crippen molar-refractivity contribution in [3.05, 3.63) is 0 Å². The molecule has 7 unspecified atom stereocenters. The quantitative estimate of drug-likeness (QED) is 0.0330. The van der Waals surface area contributed by atoms with Crippen LogP contribution in [0.5, 0.6) is 0 Å². The Hall–Kier alpha value is -0.810. The maximum absolute atomic E-state index is 13.1. The van der Waals surface area contributed by atoms with E-state index >= 15 is 0 Å². The van der Waals surface area contributed by atoms with Crippen LogP contribution < -0.4 is 5.32 Å². The molecule has 0 aromatic heterocycles. The van der Waals surface area contributed by atoms with Gasteiger partial charge in [-0.3, -0.25) is 4.79 Å². The number of carbonyl (C=O) groups excluding carboxylic acids is 1. The zero-order valence-electron chi connectivity index (χ0n) is 43.7. The first kappa shape index (κ1) is 63.2. The maximum Gasteiger partial charge on any atom is 0.220 e. The highest BCUT2D eigenvalue weighted by Gasteiger charge is 2.44. The molecular formula is C57H113NO8. The number of carbonyl (C=O) groups is 1. The third-order valence-electron chi connectivity index (χ3n) is 14.5. The van der Waals surface area contributed by atoms with Crippen molar-refractivity contribution in [2.75, 3.05) is 13.2 Å². The predicted molar refractivity (Wildman–Crippen MR) is 277 cm³/mol. The molecule has 1 aliphatic rings. The fourth-order valence-corrected chi connectivity index (χ4v) is 9.81. The van der Waals surface area contributed by atoms with E-state index < -0.39 is 49.5 Å². The Bertz CT molecular complexity index is 1000. The lowest BCUT2D eigenvalue weighted by Crippen LogP contribution is -2.60. The average molecular weight is 941 g/mol. The van der Waals surface area contributed by atoms with Crippen LogP contribution >= 0.6 is 0 Å². The second-order valence-electron chi connectivity index (χ2n) is 20.8. The normalized spacial score (nSPS) is 19.7. The van der Waals surface area contributed by atoms with Crippen LogP contribution in [0.15, 0.2) is 0 Å². The third-order valence-corrected chi connectivity index (χ3v) is 14.5. The Morgan fingerprint density at radius 1 is 0.455 bits per heavy atom. The van der Waals surface area contributed by atoms with Crippen LogP contribution in [0.2, 0.25) is 0 Å². The highest BCUT2D eigenvalue weighted by atomic mass is 16.7. The van der Waals surface area contributed by atoms with Crippen LogP contribution in [0.3, 0.4) is 0 Å². The molecule has 9 heteroatoms. The smallest absolute Gasteiger partial charge is 0.220 e. The lowest BCUT2D eigenvalue weighted by Gasteiger charge is -2.40. The summed E-state index contributed by atoms with van der Waals surface area (Å²) in [6.07, 6.45) is 49.9. The predicted octanol–water partition coefficient (Wildman–Crippen LogP) is 14.2. The van der Waals surface area contributed by atoms with Gasteiger partial charge in [-0.1, -0.05) is 284 Å². The molecule has 1 fully saturated rings. The minimum absolute atomic E-state index is 0.131. The third kappa shape index (κ3) is 37.1. The van der Waals surface area contributed by atoms with Crippen molar-refractivity contribution in [2.45, 2.75) is 346 Å². The van der Waals surface area contributed by atoms with Crippen LogP contribution in [0, 0.1) is 0 Å². The van der Waals surface area contributed by atoms with E-state index in [2.05, 4.69) is 19.2 Å². The molecule has 9 nitrogen and oxygen atoms in total. The number of rotatable bonds is 51. The minimum atomic E-state index is -1.55. The van der Waals surface area contributed by atoms with Crippen LogP contribution in [0.4, 0.5) is 0 Å². The molecule has 0 aromatic rings. The molecule has 0 bridgehead atoms. The molecule has 1 amide bonds. The minimum Gasteiger partial charge on any atom is -0.394 e. The van der Waals surface area contributed by atoms with Gasteiger partial charge in [-0.05, 0) is 12.8 Å². The molecule has 6 N–H and O–H groups in total. The van der Waals surface area contributed by atoms with Crippen LogP contribution in [0.25, 0.3) is 0 Å². The second-order valence-corrected chi connectivity index (χ2v) is 20.8. The Morgan fingerprint density at radius 2 is 0.758 bits per heavy atom. The molecular weight excluding hydrogens is 827 g/mol. The van der Waals surface area contributed by atoms with Gasteiger partial charge in [-0.2, -0.15) is 0 Å². The Morgan fingerprint density at radius 3 is 1.08 bits per heavy atom. The molecule has 1 heterocycles. The van der Waals surface area contributed by atoms with Gasteiger partial charge in [-0.25, -0.2) is 0 Å². The zero-order valence-corrected chi connectivity index (χ0v) is 43.7. The van der Waals surface area contributed by atoms with E-state index in [1.807, 2.05) is 0 Å². The van der Waals surface area contributed by atoms with Gasteiger partial charge in [0.25, 0.3) is 0 Å². The van der Waals surface area contributed by atoms with Gasteiger partial charge in [0.05, 0.1) is 25.4 Å². The number of ether oxygens (including phenoxy) is 2. The Balaban J connectivity index is 2.17. The van der Waals surface area contributed by atoms with Crippen LogP contribution in [-0.2, 0) is 14.3 Å². The van der Waals surface area contributed by atoms with Gasteiger partial charge >= 0.3 is 0 Å². The first-order valence-corrected chi connectivity index (χ1v) is 29.2. The highest BCUT2D eigenvalue weighted by molar-refractivity contribution is 5.76. The lowest BCUT2D eigenvalue weighted by molar-refractivity contribution is -0.302. The standard InChI is InChI=1S/C57H113NO8/c1-3-5-7-9-11-13-15-17-19-21-23-24-25-26-27-28-29-31-33-35-37-39-41-43-45-47-53(61)58-50(49-65-57-56(64)55(63)54(62)52(48-59)66-57)51(60)46-44-42-40-38-36-34-32-30-22-20-18-16-14-12-10-8-6-4-2/h50-52,54-57,59-60,62-64H,3-49H2,1-2H3,(H,58,61). The van der Waals surface area contributed by atoms with Crippen molar-refractivity contribution < 1.29 is 39.8 Å². The van der Waals surface area contributed by atoms with Crippen molar-refractivity contribution in [3.63, 3.8) is 0 Å². The van der Waals surface area contributed by atoms with Crippen molar-refractivity contribution in [3.8, 4) is 0 Å². The molecule has 394 valence electrons. The molecule has 66 heavy (non-hydrogen) atoms. The number of hydrogen-bond donors (Lipinski definition) is 6. The summed E-state index contributed by atoms with van der Waals surface area (Å²) in [5.74, 6) is -0.136. The summed E-state index contributed by atoms with van der Waals surface area (Å²) in [7, 11) is 0. The summed E-state index contributed by atoms with van der Waals surface area (Å²) in [4.78, 5) is 13.1. The number of nitrogens with one attached hydrogen (secondary N) is 1. The van der Waals surface area contributed by atoms with Gasteiger partial charge in [0, 0.05) is 6.42 Å². The summed E-state index contributed by atoms with van der Waals surface area (Å²) >= 11 is 0. The summed E-state index contributed by atoms with van der Waals surface area (Å²) in [6.45, 7) is 3.89. The van der Waals surface area contributed by atoms with Gasteiger partial charge < -0.3 is 40.3 Å². The molecule has 1 saturated heterocycles. The van der Waals surface area contributed by atoms with E-state index in [-0.39, 0.29) is 12.5 Å². The summed E-state index contributed by atoms with van der Waals surface area (Å²) in [5.41, 5.74) is 0. The molecule has 7 atom stereocenters. The fourth-order valence-electron chi connectivity index (χ4n) is 9.81. The van der Waals surface area contributed by atoms with Crippen molar-refractivity contribution in [1.29, 1.82) is 0 Å². The molecule has 1 aliphatic heterocycles. The number of unbranched alkanes of at least 4 members (excludes halogenated alkanes) is 41. The van der Waals surface area contributed by atoms with Crippen molar-refractivity contribution in [2.24, 2.45) is 0 Å². The van der Waals surface area contributed by atoms with Crippen molar-refractivity contribution in [1.82, 2.24) is 5.32 Å². The lowest BCUT2D eigenvalue weighted by atomic mass is 9.99. The SMILES string of the molecule is CCCCCCCCCCCCCCCCCCCCCCCCCCCC(=O)NC(COC1OC(CO)C(O)C(O)C1O)C(O)CCCCCCCCCCCCCCCCCCCC.